The van der Waals surface area contributed by atoms with Crippen LogP contribution in [-0.2, 0) is 9.53 Å². The SMILES string of the molecule is COC(=O)c1ccc2c(c1)NC(=O)CCN2CC#N. The summed E-state index contributed by atoms with van der Waals surface area (Å²) < 4.78 is 4.64. The average Bonchev–Trinajstić information content (AvgIpc) is 2.57. The van der Waals surface area contributed by atoms with E-state index in [-0.39, 0.29) is 12.5 Å². The number of nitrogens with zero attached hydrogens (tertiary/aromatic N) is 2. The zero-order valence-corrected chi connectivity index (χ0v) is 10.5. The quantitative estimate of drug-likeness (QED) is 0.636. The molecule has 2 rings (SSSR count). The minimum Gasteiger partial charge on any atom is -0.465 e. The van der Waals surface area contributed by atoms with E-state index in [4.69, 9.17) is 5.26 Å². The van der Waals surface area contributed by atoms with Crippen LogP contribution in [0.2, 0.25) is 0 Å². The Hall–Kier alpha value is -2.55. The number of rotatable bonds is 2. The number of fused-ring (bicyclic) bond motifs is 1. The van der Waals surface area contributed by atoms with Crippen LogP contribution in [0.3, 0.4) is 0 Å². The van der Waals surface area contributed by atoms with Gasteiger partial charge in [0.2, 0.25) is 5.91 Å². The summed E-state index contributed by atoms with van der Waals surface area (Å²) in [4.78, 5) is 24.9. The maximum absolute atomic E-state index is 11.6. The second kappa shape index (κ2) is 5.40. The Kier molecular flexibility index (Phi) is 3.66. The Morgan fingerprint density at radius 2 is 2.37 bits per heavy atom. The maximum atomic E-state index is 11.6. The van der Waals surface area contributed by atoms with E-state index < -0.39 is 5.97 Å². The summed E-state index contributed by atoms with van der Waals surface area (Å²) in [5.41, 5.74) is 1.63. The van der Waals surface area contributed by atoms with Crippen LogP contribution in [0.5, 0.6) is 0 Å². The molecule has 1 amide bonds. The first-order chi connectivity index (χ1) is 9.15. The number of ether oxygens (including phenoxy) is 1. The predicted octanol–water partition coefficient (Wildman–Crippen LogP) is 1.15. The highest BCUT2D eigenvalue weighted by Crippen LogP contribution is 2.29. The van der Waals surface area contributed by atoms with Crippen molar-refractivity contribution in [2.24, 2.45) is 0 Å². The van der Waals surface area contributed by atoms with Crippen molar-refractivity contribution in [2.45, 2.75) is 6.42 Å². The second-order valence-corrected chi connectivity index (χ2v) is 4.10. The highest BCUT2D eigenvalue weighted by molar-refractivity contribution is 5.99. The van der Waals surface area contributed by atoms with E-state index in [0.717, 1.165) is 5.69 Å². The van der Waals surface area contributed by atoms with Crippen molar-refractivity contribution < 1.29 is 14.3 Å². The minimum absolute atomic E-state index is 0.135. The highest BCUT2D eigenvalue weighted by atomic mass is 16.5. The summed E-state index contributed by atoms with van der Waals surface area (Å²) in [6, 6.07) is 6.96. The molecule has 1 aromatic rings. The number of hydrogen-bond donors (Lipinski definition) is 1. The number of carbonyl (C=O) groups is 2. The number of nitrogens with one attached hydrogen (secondary N) is 1. The third-order valence-corrected chi connectivity index (χ3v) is 2.90. The van der Waals surface area contributed by atoms with E-state index >= 15 is 0 Å². The molecule has 0 aromatic heterocycles. The molecular weight excluding hydrogens is 246 g/mol. The molecule has 0 saturated heterocycles. The number of anilines is 2. The monoisotopic (exact) mass is 259 g/mol. The van der Waals surface area contributed by atoms with E-state index in [0.29, 0.717) is 24.2 Å². The van der Waals surface area contributed by atoms with Gasteiger partial charge in [-0.3, -0.25) is 4.79 Å². The van der Waals surface area contributed by atoms with Gasteiger partial charge in [0, 0.05) is 13.0 Å². The molecule has 0 spiro atoms. The van der Waals surface area contributed by atoms with E-state index in [1.54, 1.807) is 23.1 Å². The molecular formula is C13H13N3O3. The van der Waals surface area contributed by atoms with Gasteiger partial charge in [-0.1, -0.05) is 0 Å². The van der Waals surface area contributed by atoms with Crippen LogP contribution in [0.4, 0.5) is 11.4 Å². The first-order valence-electron chi connectivity index (χ1n) is 5.80. The number of esters is 1. The lowest BCUT2D eigenvalue weighted by Gasteiger charge is -2.20. The fourth-order valence-corrected chi connectivity index (χ4v) is 1.98. The molecule has 0 aliphatic carbocycles. The number of amides is 1. The Balaban J connectivity index is 2.43. The Morgan fingerprint density at radius 1 is 1.58 bits per heavy atom. The smallest absolute Gasteiger partial charge is 0.337 e. The summed E-state index contributed by atoms with van der Waals surface area (Å²) in [6.07, 6.45) is 0.309. The number of nitriles is 1. The molecule has 0 unspecified atom stereocenters. The van der Waals surface area contributed by atoms with E-state index in [1.807, 2.05) is 0 Å². The van der Waals surface area contributed by atoms with Gasteiger partial charge in [0.05, 0.1) is 30.1 Å². The van der Waals surface area contributed by atoms with Gasteiger partial charge in [0.15, 0.2) is 0 Å². The molecule has 1 aliphatic heterocycles. The summed E-state index contributed by atoms with van der Waals surface area (Å²) in [6.45, 7) is 0.670. The summed E-state index contributed by atoms with van der Waals surface area (Å²) >= 11 is 0. The van der Waals surface area contributed by atoms with Crippen molar-refractivity contribution in [3.8, 4) is 6.07 Å². The van der Waals surface area contributed by atoms with E-state index in [2.05, 4.69) is 16.1 Å². The van der Waals surface area contributed by atoms with Gasteiger partial charge in [-0.05, 0) is 18.2 Å². The Morgan fingerprint density at radius 3 is 3.05 bits per heavy atom. The normalized spacial score (nSPS) is 13.9. The van der Waals surface area contributed by atoms with Crippen molar-refractivity contribution in [3.05, 3.63) is 23.8 Å². The number of carbonyl (C=O) groups excluding carboxylic acids is 2. The van der Waals surface area contributed by atoms with Crippen LogP contribution in [0.25, 0.3) is 0 Å². The van der Waals surface area contributed by atoms with E-state index in [1.165, 1.54) is 7.11 Å². The molecule has 0 fully saturated rings. The molecule has 6 heteroatoms. The van der Waals surface area contributed by atoms with Crippen LogP contribution in [-0.4, -0.2) is 32.1 Å². The summed E-state index contributed by atoms with van der Waals surface area (Å²) in [5.74, 6) is -0.600. The van der Waals surface area contributed by atoms with Crippen molar-refractivity contribution >= 4 is 23.3 Å². The summed E-state index contributed by atoms with van der Waals surface area (Å²) in [7, 11) is 1.30. The molecule has 1 aliphatic rings. The molecule has 98 valence electrons. The van der Waals surface area contributed by atoms with Gasteiger partial charge in [0.1, 0.15) is 6.54 Å². The molecule has 0 bridgehead atoms. The fourth-order valence-electron chi connectivity index (χ4n) is 1.98. The van der Waals surface area contributed by atoms with Gasteiger partial charge in [0.25, 0.3) is 0 Å². The van der Waals surface area contributed by atoms with Crippen molar-refractivity contribution in [1.82, 2.24) is 0 Å². The molecule has 1 heterocycles. The molecule has 1 aromatic carbocycles. The number of benzene rings is 1. The van der Waals surface area contributed by atoms with Gasteiger partial charge in [-0.15, -0.1) is 0 Å². The highest BCUT2D eigenvalue weighted by Gasteiger charge is 2.20. The first kappa shape index (κ1) is 12.9. The molecule has 6 nitrogen and oxygen atoms in total. The number of methoxy groups -OCH3 is 1. The standard InChI is InChI=1S/C13H13N3O3/c1-19-13(18)9-2-3-11-10(8-9)15-12(17)4-6-16(11)7-5-14/h2-3,8H,4,6-7H2,1H3,(H,15,17). The third kappa shape index (κ3) is 2.65. The largest absolute Gasteiger partial charge is 0.465 e. The lowest BCUT2D eigenvalue weighted by molar-refractivity contribution is -0.115. The first-order valence-corrected chi connectivity index (χ1v) is 5.80. The van der Waals surface area contributed by atoms with Crippen LogP contribution < -0.4 is 10.2 Å². The molecule has 0 radical (unpaired) electrons. The van der Waals surface area contributed by atoms with Crippen LogP contribution in [0.15, 0.2) is 18.2 Å². The van der Waals surface area contributed by atoms with Crippen LogP contribution >= 0.6 is 0 Å². The molecule has 0 atom stereocenters. The summed E-state index contributed by atoms with van der Waals surface area (Å²) in [5, 5.41) is 11.5. The number of hydrogen-bond acceptors (Lipinski definition) is 5. The van der Waals surface area contributed by atoms with Gasteiger partial charge in [-0.25, -0.2) is 4.79 Å². The van der Waals surface area contributed by atoms with Crippen LogP contribution in [0, 0.1) is 11.3 Å². The third-order valence-electron chi connectivity index (χ3n) is 2.90. The van der Waals surface area contributed by atoms with E-state index in [9.17, 15) is 9.59 Å². The Labute approximate surface area is 110 Å². The second-order valence-electron chi connectivity index (χ2n) is 4.10. The zero-order valence-electron chi connectivity index (χ0n) is 10.5. The van der Waals surface area contributed by atoms with Crippen molar-refractivity contribution in [3.63, 3.8) is 0 Å². The fraction of sp³-hybridized carbons (Fsp3) is 0.308. The lowest BCUT2D eigenvalue weighted by atomic mass is 10.1. The van der Waals surface area contributed by atoms with Crippen molar-refractivity contribution in [2.75, 3.05) is 30.4 Å². The average molecular weight is 259 g/mol. The lowest BCUT2D eigenvalue weighted by Crippen LogP contribution is -2.24. The molecule has 19 heavy (non-hydrogen) atoms. The topological polar surface area (TPSA) is 82.4 Å². The molecule has 0 saturated carbocycles. The van der Waals surface area contributed by atoms with Crippen molar-refractivity contribution in [1.29, 1.82) is 5.26 Å². The van der Waals surface area contributed by atoms with Gasteiger partial charge >= 0.3 is 5.97 Å². The Bertz CT molecular complexity index is 563. The molecule has 1 N–H and O–H groups in total. The maximum Gasteiger partial charge on any atom is 0.337 e. The predicted molar refractivity (Wildman–Crippen MR) is 68.9 cm³/mol. The van der Waals surface area contributed by atoms with Crippen LogP contribution in [0.1, 0.15) is 16.8 Å². The van der Waals surface area contributed by atoms with Gasteiger partial charge in [-0.2, -0.15) is 5.26 Å². The minimum atomic E-state index is -0.465. The zero-order chi connectivity index (χ0) is 13.8. The van der Waals surface area contributed by atoms with Gasteiger partial charge < -0.3 is 15.0 Å².